The first-order valence-corrected chi connectivity index (χ1v) is 5.65. The summed E-state index contributed by atoms with van der Waals surface area (Å²) in [6.45, 7) is 6.37. The Morgan fingerprint density at radius 3 is 2.41 bits per heavy atom. The molecule has 0 radical (unpaired) electrons. The van der Waals surface area contributed by atoms with Gasteiger partial charge in [-0.25, -0.2) is 4.98 Å². The third-order valence-corrected chi connectivity index (χ3v) is 2.67. The van der Waals surface area contributed by atoms with E-state index in [-0.39, 0.29) is 0 Å². The van der Waals surface area contributed by atoms with Crippen LogP contribution in [0.3, 0.4) is 0 Å². The number of nitrogens with zero attached hydrogens (tertiary/aromatic N) is 2. The topological polar surface area (TPSA) is 35.0 Å². The van der Waals surface area contributed by atoms with Gasteiger partial charge in [-0.3, -0.25) is 0 Å². The maximum atomic E-state index is 5.73. The van der Waals surface area contributed by atoms with Crippen LogP contribution in [0.2, 0.25) is 0 Å². The lowest BCUT2D eigenvalue weighted by Crippen LogP contribution is -2.03. The number of aryl methyl sites for hydroxylation is 2. The van der Waals surface area contributed by atoms with Crippen molar-refractivity contribution in [3.05, 3.63) is 53.0 Å². The molecule has 0 bridgehead atoms. The summed E-state index contributed by atoms with van der Waals surface area (Å²) in [5.74, 6) is 1.43. The van der Waals surface area contributed by atoms with Gasteiger partial charge in [0.15, 0.2) is 0 Å². The second-order valence-corrected chi connectivity index (χ2v) is 4.06. The van der Waals surface area contributed by atoms with Gasteiger partial charge in [-0.15, -0.1) is 0 Å². The second-order valence-electron chi connectivity index (χ2n) is 4.06. The highest BCUT2D eigenvalue weighted by molar-refractivity contribution is 5.28. The third-order valence-electron chi connectivity index (χ3n) is 2.67. The lowest BCUT2D eigenvalue weighted by molar-refractivity contribution is 0.290. The summed E-state index contributed by atoms with van der Waals surface area (Å²) in [5.41, 5.74) is 3.12. The van der Waals surface area contributed by atoms with Gasteiger partial charge in [0.2, 0.25) is 5.88 Å². The molecule has 0 aliphatic heterocycles. The van der Waals surface area contributed by atoms with E-state index in [4.69, 9.17) is 4.74 Å². The van der Waals surface area contributed by atoms with Crippen LogP contribution in [0.4, 0.5) is 0 Å². The molecule has 0 fully saturated rings. The second kappa shape index (κ2) is 4.95. The molecule has 3 nitrogen and oxygen atoms in total. The fourth-order valence-corrected chi connectivity index (χ4v) is 1.60. The highest BCUT2D eigenvalue weighted by Crippen LogP contribution is 2.18. The summed E-state index contributed by atoms with van der Waals surface area (Å²) < 4.78 is 5.73. The monoisotopic (exact) mass is 228 g/mol. The minimum Gasteiger partial charge on any atom is -0.473 e. The average molecular weight is 228 g/mol. The number of benzene rings is 1. The number of hydrogen-bond acceptors (Lipinski definition) is 3. The zero-order valence-corrected chi connectivity index (χ0v) is 10.4. The molecule has 88 valence electrons. The molecule has 0 N–H and O–H groups in total. The molecule has 1 aromatic heterocycles. The molecular formula is C14H16N2O. The molecule has 2 rings (SSSR count). The molecule has 17 heavy (non-hydrogen) atoms. The van der Waals surface area contributed by atoms with Crippen LogP contribution in [0, 0.1) is 20.8 Å². The lowest BCUT2D eigenvalue weighted by atomic mass is 10.2. The van der Waals surface area contributed by atoms with Crippen LogP contribution in [-0.4, -0.2) is 9.97 Å². The van der Waals surface area contributed by atoms with Crippen molar-refractivity contribution in [2.75, 3.05) is 0 Å². The van der Waals surface area contributed by atoms with E-state index >= 15 is 0 Å². The number of hydrogen-bond donors (Lipinski definition) is 0. The summed E-state index contributed by atoms with van der Waals surface area (Å²) in [6, 6.07) is 10.1. The quantitative estimate of drug-likeness (QED) is 0.810. The van der Waals surface area contributed by atoms with Crippen LogP contribution in [0.25, 0.3) is 0 Å². The van der Waals surface area contributed by atoms with Gasteiger partial charge < -0.3 is 4.74 Å². The zero-order chi connectivity index (χ0) is 12.3. The van der Waals surface area contributed by atoms with Crippen molar-refractivity contribution in [2.45, 2.75) is 27.4 Å². The van der Waals surface area contributed by atoms with Crippen LogP contribution in [-0.2, 0) is 6.61 Å². The number of ether oxygens (including phenoxy) is 1. The summed E-state index contributed by atoms with van der Waals surface area (Å²) in [4.78, 5) is 8.61. The molecule has 0 unspecified atom stereocenters. The molecule has 1 aromatic carbocycles. The van der Waals surface area contributed by atoms with Gasteiger partial charge in [0.05, 0.1) is 0 Å². The van der Waals surface area contributed by atoms with Crippen molar-refractivity contribution >= 4 is 0 Å². The largest absolute Gasteiger partial charge is 0.473 e. The first-order valence-electron chi connectivity index (χ1n) is 5.65. The van der Waals surface area contributed by atoms with Crippen LogP contribution in [0.1, 0.15) is 22.6 Å². The molecule has 3 heteroatoms. The molecule has 0 spiro atoms. The smallest absolute Gasteiger partial charge is 0.220 e. The minimum atomic E-state index is 0.539. The maximum Gasteiger partial charge on any atom is 0.220 e. The lowest BCUT2D eigenvalue weighted by Gasteiger charge is -2.10. The van der Waals surface area contributed by atoms with Gasteiger partial charge in [-0.1, -0.05) is 30.3 Å². The van der Waals surface area contributed by atoms with E-state index in [0.29, 0.717) is 12.5 Å². The van der Waals surface area contributed by atoms with Crippen molar-refractivity contribution in [1.82, 2.24) is 9.97 Å². The van der Waals surface area contributed by atoms with Gasteiger partial charge in [0, 0.05) is 11.3 Å². The van der Waals surface area contributed by atoms with Crippen molar-refractivity contribution < 1.29 is 4.74 Å². The summed E-state index contributed by atoms with van der Waals surface area (Å²) >= 11 is 0. The van der Waals surface area contributed by atoms with Crippen molar-refractivity contribution in [2.24, 2.45) is 0 Å². The molecule has 2 aromatic rings. The first-order chi connectivity index (χ1) is 8.16. The Morgan fingerprint density at radius 1 is 1.00 bits per heavy atom. The Kier molecular flexibility index (Phi) is 3.38. The van der Waals surface area contributed by atoms with Crippen LogP contribution < -0.4 is 4.74 Å². The van der Waals surface area contributed by atoms with Gasteiger partial charge >= 0.3 is 0 Å². The summed E-state index contributed by atoms with van der Waals surface area (Å²) in [5, 5.41) is 0. The molecular weight excluding hydrogens is 212 g/mol. The zero-order valence-electron chi connectivity index (χ0n) is 10.4. The molecule has 0 aliphatic rings. The average Bonchev–Trinajstić information content (AvgIpc) is 2.33. The predicted octanol–water partition coefficient (Wildman–Crippen LogP) is 2.98. The van der Waals surface area contributed by atoms with E-state index in [2.05, 4.69) is 9.97 Å². The van der Waals surface area contributed by atoms with Gasteiger partial charge in [-0.2, -0.15) is 4.98 Å². The SMILES string of the molecule is Cc1nc(C)c(C)c(OCc2ccccc2)n1. The van der Waals surface area contributed by atoms with Crippen molar-refractivity contribution in [3.8, 4) is 5.88 Å². The van der Waals surface area contributed by atoms with Gasteiger partial charge in [0.25, 0.3) is 0 Å². The molecule has 0 saturated heterocycles. The van der Waals surface area contributed by atoms with E-state index in [0.717, 1.165) is 22.6 Å². The third kappa shape index (κ3) is 2.81. The van der Waals surface area contributed by atoms with Crippen LogP contribution in [0.15, 0.2) is 30.3 Å². The van der Waals surface area contributed by atoms with Gasteiger partial charge in [0.1, 0.15) is 12.4 Å². The Morgan fingerprint density at radius 2 is 1.71 bits per heavy atom. The molecule has 0 amide bonds. The molecule has 1 heterocycles. The molecule has 0 aliphatic carbocycles. The number of rotatable bonds is 3. The first kappa shape index (κ1) is 11.6. The fourth-order valence-electron chi connectivity index (χ4n) is 1.60. The van der Waals surface area contributed by atoms with Crippen LogP contribution >= 0.6 is 0 Å². The van der Waals surface area contributed by atoms with E-state index in [1.54, 1.807) is 0 Å². The Hall–Kier alpha value is -1.90. The Bertz CT molecular complexity index is 509. The summed E-state index contributed by atoms with van der Waals surface area (Å²) in [7, 11) is 0. The Balaban J connectivity index is 2.14. The van der Waals surface area contributed by atoms with Crippen molar-refractivity contribution in [3.63, 3.8) is 0 Å². The number of aromatic nitrogens is 2. The Labute approximate surface area is 102 Å². The summed E-state index contributed by atoms with van der Waals surface area (Å²) in [6.07, 6.45) is 0. The standard InChI is InChI=1S/C14H16N2O/c1-10-11(2)15-12(3)16-14(10)17-9-13-7-5-4-6-8-13/h4-8H,9H2,1-3H3. The van der Waals surface area contributed by atoms with E-state index in [1.807, 2.05) is 51.1 Å². The predicted molar refractivity (Wildman–Crippen MR) is 67.0 cm³/mol. The normalized spacial score (nSPS) is 10.3. The molecule has 0 atom stereocenters. The fraction of sp³-hybridized carbons (Fsp3) is 0.286. The molecule has 0 saturated carbocycles. The highest BCUT2D eigenvalue weighted by Gasteiger charge is 2.06. The van der Waals surface area contributed by atoms with E-state index in [1.165, 1.54) is 0 Å². The van der Waals surface area contributed by atoms with Crippen LogP contribution in [0.5, 0.6) is 5.88 Å². The van der Waals surface area contributed by atoms with Gasteiger partial charge in [-0.05, 0) is 26.3 Å². The highest BCUT2D eigenvalue weighted by atomic mass is 16.5. The minimum absolute atomic E-state index is 0.539. The van der Waals surface area contributed by atoms with Crippen molar-refractivity contribution in [1.29, 1.82) is 0 Å². The maximum absolute atomic E-state index is 5.73. The van der Waals surface area contributed by atoms with E-state index < -0.39 is 0 Å². The van der Waals surface area contributed by atoms with E-state index in [9.17, 15) is 0 Å².